The van der Waals surface area contributed by atoms with Crippen molar-refractivity contribution >= 4 is 0 Å². The second-order valence-corrected chi connectivity index (χ2v) is 4.05. The van der Waals surface area contributed by atoms with E-state index in [2.05, 4.69) is 26.3 Å². The van der Waals surface area contributed by atoms with E-state index >= 15 is 0 Å². The lowest BCUT2D eigenvalue weighted by Crippen LogP contribution is -2.32. The summed E-state index contributed by atoms with van der Waals surface area (Å²) in [6.07, 6.45) is 11.1. The minimum atomic E-state index is 0.0703. The van der Waals surface area contributed by atoms with Gasteiger partial charge in [-0.1, -0.05) is 24.3 Å². The molecule has 0 saturated heterocycles. The van der Waals surface area contributed by atoms with Gasteiger partial charge in [0.2, 0.25) is 0 Å². The molecular weight excluding hydrogens is 224 g/mol. The predicted molar refractivity (Wildman–Crippen MR) is 78.7 cm³/mol. The maximum Gasteiger partial charge on any atom is 0.0844 e. The minimum Gasteiger partial charge on any atom is -0.371 e. The lowest BCUT2D eigenvalue weighted by Gasteiger charge is -2.26. The second kappa shape index (κ2) is 12.3. The molecule has 0 aliphatic heterocycles. The highest BCUT2D eigenvalue weighted by molar-refractivity contribution is 4.81. The maximum atomic E-state index is 5.79. The molecule has 0 radical (unpaired) electrons. The van der Waals surface area contributed by atoms with Crippen molar-refractivity contribution in [1.82, 2.24) is 0 Å². The molecule has 2 atom stereocenters. The smallest absolute Gasteiger partial charge is 0.0844 e. The summed E-state index contributed by atoms with van der Waals surface area (Å²) in [6.45, 7) is 15.9. The molecule has 0 fully saturated rings. The normalized spacial score (nSPS) is 13.6. The molecule has 2 nitrogen and oxygen atoms in total. The zero-order chi connectivity index (χ0) is 13.6. The van der Waals surface area contributed by atoms with Gasteiger partial charge in [0.05, 0.1) is 25.4 Å². The Labute approximate surface area is 112 Å². The van der Waals surface area contributed by atoms with Crippen LogP contribution >= 0.6 is 0 Å². The van der Waals surface area contributed by atoms with E-state index < -0.39 is 0 Å². The Morgan fingerprint density at radius 1 is 0.667 bits per heavy atom. The lowest BCUT2D eigenvalue weighted by atomic mass is 10.0. The Morgan fingerprint density at radius 2 is 1.06 bits per heavy atom. The molecule has 0 bridgehead atoms. The molecule has 0 N–H and O–H groups in total. The highest BCUT2D eigenvalue weighted by Crippen LogP contribution is 2.16. The lowest BCUT2D eigenvalue weighted by molar-refractivity contribution is -0.0639. The molecule has 0 amide bonds. The van der Waals surface area contributed by atoms with Gasteiger partial charge in [-0.2, -0.15) is 0 Å². The molecule has 0 spiro atoms. The third-order valence-electron chi connectivity index (χ3n) is 2.58. The molecule has 2 heteroatoms. The molecule has 0 rings (SSSR count). The van der Waals surface area contributed by atoms with Crippen LogP contribution < -0.4 is 0 Å². The van der Waals surface area contributed by atoms with Crippen LogP contribution in [0.3, 0.4) is 0 Å². The number of allylic oxidation sites excluding steroid dienone is 2. The number of hydrogen-bond acceptors (Lipinski definition) is 2. The Kier molecular flexibility index (Phi) is 11.6. The van der Waals surface area contributed by atoms with Gasteiger partial charge in [-0.05, 0) is 25.7 Å². The second-order valence-electron chi connectivity index (χ2n) is 4.05. The van der Waals surface area contributed by atoms with Gasteiger partial charge in [-0.3, -0.25) is 0 Å². The van der Waals surface area contributed by atoms with Gasteiger partial charge in [-0.25, -0.2) is 0 Å². The first-order valence-corrected chi connectivity index (χ1v) is 6.46. The van der Waals surface area contributed by atoms with E-state index in [4.69, 9.17) is 9.47 Å². The minimum absolute atomic E-state index is 0.0703. The average molecular weight is 250 g/mol. The number of hydrogen-bond donors (Lipinski definition) is 0. The van der Waals surface area contributed by atoms with Crippen LogP contribution in [0.5, 0.6) is 0 Å². The van der Waals surface area contributed by atoms with E-state index in [1.807, 2.05) is 12.2 Å². The summed E-state index contributed by atoms with van der Waals surface area (Å²) in [6, 6.07) is 0. The zero-order valence-electron chi connectivity index (χ0n) is 11.4. The third kappa shape index (κ3) is 8.04. The molecule has 0 unspecified atom stereocenters. The Hall–Kier alpha value is -1.12. The van der Waals surface area contributed by atoms with Crippen molar-refractivity contribution in [2.75, 3.05) is 13.2 Å². The highest BCUT2D eigenvalue weighted by Gasteiger charge is 2.21. The quantitative estimate of drug-likeness (QED) is 0.459. The number of ether oxygens (including phenoxy) is 2. The fourth-order valence-electron chi connectivity index (χ4n) is 1.70. The van der Waals surface area contributed by atoms with Crippen molar-refractivity contribution < 1.29 is 9.47 Å². The standard InChI is InChI=1S/C16H26O2/c1-5-9-11-15(17-13-7-3)16(12-10-6-2)18-14-8-4/h5-8,15-16H,1-4,9-14H2/t15-,16-/m0/s1. The predicted octanol–water partition coefficient (Wildman–Crippen LogP) is 4.06. The molecule has 0 aliphatic carbocycles. The molecule has 0 aliphatic rings. The topological polar surface area (TPSA) is 18.5 Å². The van der Waals surface area contributed by atoms with Gasteiger partial charge in [0.1, 0.15) is 0 Å². The molecule has 102 valence electrons. The highest BCUT2D eigenvalue weighted by atomic mass is 16.5. The van der Waals surface area contributed by atoms with E-state index in [0.717, 1.165) is 25.7 Å². The van der Waals surface area contributed by atoms with Crippen molar-refractivity contribution in [3.05, 3.63) is 50.6 Å². The largest absolute Gasteiger partial charge is 0.371 e. The van der Waals surface area contributed by atoms with Gasteiger partial charge in [0.25, 0.3) is 0 Å². The Morgan fingerprint density at radius 3 is 1.33 bits per heavy atom. The molecule has 0 aromatic carbocycles. The van der Waals surface area contributed by atoms with Gasteiger partial charge < -0.3 is 9.47 Å². The van der Waals surface area contributed by atoms with Crippen molar-refractivity contribution in [2.24, 2.45) is 0 Å². The third-order valence-corrected chi connectivity index (χ3v) is 2.58. The summed E-state index contributed by atoms with van der Waals surface area (Å²) in [7, 11) is 0. The SMILES string of the molecule is C=CCC[C@H](OCC=C)[C@H](CCC=C)OCC=C. The van der Waals surface area contributed by atoms with Crippen LogP contribution in [-0.2, 0) is 9.47 Å². The summed E-state index contributed by atoms with van der Waals surface area (Å²) < 4.78 is 11.6. The summed E-state index contributed by atoms with van der Waals surface area (Å²) in [5.41, 5.74) is 0. The van der Waals surface area contributed by atoms with Crippen molar-refractivity contribution in [3.8, 4) is 0 Å². The first-order valence-electron chi connectivity index (χ1n) is 6.46. The van der Waals surface area contributed by atoms with Gasteiger partial charge >= 0.3 is 0 Å². The monoisotopic (exact) mass is 250 g/mol. The number of rotatable bonds is 13. The van der Waals surface area contributed by atoms with Crippen LogP contribution in [0.15, 0.2) is 50.6 Å². The molecule has 18 heavy (non-hydrogen) atoms. The van der Waals surface area contributed by atoms with Crippen LogP contribution in [0.4, 0.5) is 0 Å². The molecular formula is C16H26O2. The Bertz CT molecular complexity index is 195. The zero-order valence-corrected chi connectivity index (χ0v) is 11.4. The van der Waals surface area contributed by atoms with Crippen LogP contribution in [-0.4, -0.2) is 25.4 Å². The van der Waals surface area contributed by atoms with Crippen molar-refractivity contribution in [2.45, 2.75) is 37.9 Å². The van der Waals surface area contributed by atoms with Gasteiger partial charge in [0, 0.05) is 0 Å². The van der Waals surface area contributed by atoms with E-state index in [-0.39, 0.29) is 12.2 Å². The maximum absolute atomic E-state index is 5.79. The van der Waals surface area contributed by atoms with Crippen LogP contribution in [0.1, 0.15) is 25.7 Å². The molecule has 0 heterocycles. The summed E-state index contributed by atoms with van der Waals surface area (Å²) in [5.74, 6) is 0. The fourth-order valence-corrected chi connectivity index (χ4v) is 1.70. The fraction of sp³-hybridized carbons (Fsp3) is 0.500. The average Bonchev–Trinajstić information content (AvgIpc) is 2.40. The van der Waals surface area contributed by atoms with Crippen molar-refractivity contribution in [3.63, 3.8) is 0 Å². The summed E-state index contributed by atoms with van der Waals surface area (Å²) >= 11 is 0. The summed E-state index contributed by atoms with van der Waals surface area (Å²) in [4.78, 5) is 0. The van der Waals surface area contributed by atoms with Crippen molar-refractivity contribution in [1.29, 1.82) is 0 Å². The van der Waals surface area contributed by atoms with Gasteiger partial charge in [0.15, 0.2) is 0 Å². The van der Waals surface area contributed by atoms with Gasteiger partial charge in [-0.15, -0.1) is 26.3 Å². The van der Waals surface area contributed by atoms with Crippen LogP contribution in [0.25, 0.3) is 0 Å². The summed E-state index contributed by atoms with van der Waals surface area (Å²) in [5, 5.41) is 0. The first-order chi connectivity index (χ1) is 8.79. The first kappa shape index (κ1) is 16.9. The molecule has 0 saturated carbocycles. The molecule has 0 aromatic heterocycles. The van der Waals surface area contributed by atoms with E-state index in [0.29, 0.717) is 13.2 Å². The molecule has 0 aromatic rings. The van der Waals surface area contributed by atoms with Crippen LogP contribution in [0.2, 0.25) is 0 Å². The Balaban J connectivity index is 4.44. The van der Waals surface area contributed by atoms with E-state index in [1.54, 1.807) is 12.2 Å². The van der Waals surface area contributed by atoms with E-state index in [1.165, 1.54) is 0 Å². The van der Waals surface area contributed by atoms with Crippen LogP contribution in [0, 0.1) is 0 Å². The van der Waals surface area contributed by atoms with E-state index in [9.17, 15) is 0 Å².